The number of carbonyl (C=O) groups excluding carboxylic acids is 16. The zero-order valence-electron chi connectivity index (χ0n) is 67.0. The molecule has 660 valence electrons. The number of hydrazine groups is 3. The summed E-state index contributed by atoms with van der Waals surface area (Å²) in [5.41, 5.74) is 7.15. The lowest BCUT2D eigenvalue weighted by molar-refractivity contribution is -0.198. The zero-order chi connectivity index (χ0) is 85.3. The summed E-state index contributed by atoms with van der Waals surface area (Å²) in [4.78, 5) is 190. The van der Waals surface area contributed by atoms with E-state index in [0.29, 0.717) is 163 Å². The molecule has 116 heavy (non-hydrogen) atoms. The Hall–Kier alpha value is -8.65. The van der Waals surface area contributed by atoms with Crippen LogP contribution in [0.15, 0.2) is 36.5 Å². The van der Waals surface area contributed by atoms with Gasteiger partial charge in [-0.25, -0.2) is 31.5 Å². The molecule has 0 aliphatic carbocycles. The van der Waals surface area contributed by atoms with Crippen molar-refractivity contribution in [1.29, 1.82) is 0 Å². The number of ether oxygens (including phenoxy) is 14. The number of Topliss-reactive ketones (excluding diaryl/α,β-unsaturated/α-hetero) is 3. The second kappa shape index (κ2) is 67.4. The number of halogens is 1. The van der Waals surface area contributed by atoms with Crippen LogP contribution in [0.4, 0.5) is 9.59 Å². The molecule has 4 heterocycles. The van der Waals surface area contributed by atoms with Crippen molar-refractivity contribution < 1.29 is 148 Å². The summed E-state index contributed by atoms with van der Waals surface area (Å²) >= 11 is 0. The number of rotatable bonds is 61. The molecule has 0 unspecified atom stereocenters. The topological polar surface area (TPSA) is 561 Å². The van der Waals surface area contributed by atoms with E-state index in [1.165, 1.54) is 36.5 Å². The number of nitrogens with two attached hydrogens (primary N) is 2. The van der Waals surface area contributed by atoms with Crippen molar-refractivity contribution in [1.82, 2.24) is 57.4 Å². The first kappa shape index (κ1) is 107. The Bertz CT molecular complexity index is 3010. The first-order valence-corrected chi connectivity index (χ1v) is 37.2. The predicted molar refractivity (Wildman–Crippen MR) is 407 cm³/mol. The molecule has 4 aliphatic rings. The first-order chi connectivity index (χ1) is 55.0. The Morgan fingerprint density at radius 3 is 0.862 bits per heavy atom. The van der Waals surface area contributed by atoms with E-state index in [-0.39, 0.29) is 158 Å². The summed E-state index contributed by atoms with van der Waals surface area (Å²) in [6, 6.07) is 0. The first-order valence-electron chi connectivity index (χ1n) is 37.2. The maximum Gasteiger partial charge on any atom is 0.426 e. The van der Waals surface area contributed by atoms with E-state index >= 15 is 0 Å². The fourth-order valence-corrected chi connectivity index (χ4v) is 8.49. The molecule has 11 N–H and O–H groups in total. The SMILES string of the molecule is CC(C)(C)OC(=O)NN.CC(C)(C)OC(=O)NNC(=O)CCOCCOCCOCCOCCNCC(=O)CCN1C(=O)C=CC1=O.Cl.NNC(=O)CCOCCOCCOCCOCCNCC(=O)CCN1C(=O)C=CC1=O.O=C(CCN1C(=O)C=CC1=O)CNCCOCCOCCOCCOCCC(=O)ON1C(=O)CCC1=O. The van der Waals surface area contributed by atoms with Gasteiger partial charge in [0.2, 0.25) is 11.8 Å². The lowest BCUT2D eigenvalue weighted by Crippen LogP contribution is -2.44. The highest BCUT2D eigenvalue weighted by atomic mass is 35.5. The number of nitrogens with zero attached hydrogens (tertiary/aromatic N) is 4. The van der Waals surface area contributed by atoms with Gasteiger partial charge in [-0.15, -0.1) is 17.5 Å². The van der Waals surface area contributed by atoms with Crippen LogP contribution in [0.3, 0.4) is 0 Å². The zero-order valence-corrected chi connectivity index (χ0v) is 67.8. The fourth-order valence-electron chi connectivity index (χ4n) is 8.49. The van der Waals surface area contributed by atoms with Gasteiger partial charge in [0.15, 0.2) is 0 Å². The highest BCUT2D eigenvalue weighted by Gasteiger charge is 2.33. The summed E-state index contributed by atoms with van der Waals surface area (Å²) in [7, 11) is 0. The summed E-state index contributed by atoms with van der Waals surface area (Å²) < 4.78 is 73.7. The normalized spacial score (nSPS) is 13.6. The maximum absolute atomic E-state index is 11.8. The third-order valence-corrected chi connectivity index (χ3v) is 14.1. The molecular formula is C71H118ClN13O31. The monoisotopic (exact) mass is 1680 g/mol. The van der Waals surface area contributed by atoms with Crippen LogP contribution in [-0.2, 0) is 138 Å². The van der Waals surface area contributed by atoms with Crippen LogP contribution in [0, 0.1) is 0 Å². The van der Waals surface area contributed by atoms with Crippen LogP contribution < -0.4 is 49.3 Å². The van der Waals surface area contributed by atoms with Gasteiger partial charge in [-0.05, 0) is 41.5 Å². The molecule has 0 spiro atoms. The summed E-state index contributed by atoms with van der Waals surface area (Å²) in [6.07, 6.45) is 6.46. The largest absolute Gasteiger partial charge is 0.443 e. The summed E-state index contributed by atoms with van der Waals surface area (Å²) in [5, 5.41) is 9.35. The highest BCUT2D eigenvalue weighted by Crippen LogP contribution is 2.13. The average molecular weight is 1690 g/mol. The molecule has 0 radical (unpaired) electrons. The van der Waals surface area contributed by atoms with E-state index in [0.717, 1.165) is 14.7 Å². The molecule has 0 bridgehead atoms. The van der Waals surface area contributed by atoms with Crippen LogP contribution in [0.5, 0.6) is 0 Å². The van der Waals surface area contributed by atoms with Gasteiger partial charge in [0.05, 0.1) is 197 Å². The minimum Gasteiger partial charge on any atom is -0.443 e. The summed E-state index contributed by atoms with van der Waals surface area (Å²) in [6.45, 7) is 21.3. The van der Waals surface area contributed by atoms with Crippen LogP contribution in [0.2, 0.25) is 0 Å². The van der Waals surface area contributed by atoms with Crippen LogP contribution in [-0.4, -0.2) is 343 Å². The molecule has 0 saturated carbocycles. The number of hydrogen-bond acceptors (Lipinski definition) is 36. The molecule has 0 atom stereocenters. The van der Waals surface area contributed by atoms with E-state index in [4.69, 9.17) is 82.8 Å². The Morgan fingerprint density at radius 1 is 0.336 bits per heavy atom. The summed E-state index contributed by atoms with van der Waals surface area (Å²) in [5.74, 6) is 4.65. The standard InChI is InChI=1S/C24H40N4O10.C23H33N3O11.C19H32N4O8.C5H12N2O2.ClH/c1-24(2,3)38-23(33)27-26-20(30)7-10-34-12-14-36-16-17-37-15-13-35-11-8-25-18-19(29)6-9-28-21(31)4-5-22(28)32;27-18(5-8-25-19(28)1-2-20(25)29)17-24-7-10-34-12-14-36-16-15-35-13-11-33-9-6-23(32)37-26-21(30)3-4-22(26)31;20-22-17(25)4-7-28-9-11-30-13-14-31-12-10-29-8-5-21-15-16(24)3-6-23-18(26)1-2-19(23)27;1-5(2,3)9-4(8)7-6;/h4-5,25H,6-18H2,1-3H3,(H,26,30)(H,27,33);1-2,24H,3-17H2;1-2,21H,3-15,20H2,(H,22,25);6H2,1-3H3,(H,7,8);1H. The smallest absolute Gasteiger partial charge is 0.426 e. The molecule has 12 amide bonds. The molecule has 45 heteroatoms. The predicted octanol–water partition coefficient (Wildman–Crippen LogP) is -3.29. The number of hydroxylamine groups is 2. The van der Waals surface area contributed by atoms with E-state index in [1.807, 2.05) is 10.9 Å². The van der Waals surface area contributed by atoms with Crippen molar-refractivity contribution in [2.45, 2.75) is 104 Å². The minimum absolute atomic E-state index is 0. The molecule has 4 aliphatic heterocycles. The van der Waals surface area contributed by atoms with Gasteiger partial charge >= 0.3 is 18.2 Å². The van der Waals surface area contributed by atoms with Gasteiger partial charge in [0.1, 0.15) is 28.6 Å². The maximum atomic E-state index is 11.8. The molecule has 4 rings (SSSR count). The van der Waals surface area contributed by atoms with E-state index in [1.54, 1.807) is 41.5 Å². The number of ketones is 3. The van der Waals surface area contributed by atoms with Crippen molar-refractivity contribution in [3.8, 4) is 0 Å². The molecule has 0 aromatic heterocycles. The Morgan fingerprint density at radius 2 is 0.595 bits per heavy atom. The Kier molecular flexibility index (Phi) is 62.4. The molecule has 0 aromatic carbocycles. The quantitative estimate of drug-likeness (QED) is 0.00947. The van der Waals surface area contributed by atoms with E-state index in [2.05, 4.69) is 26.8 Å². The fraction of sp³-hybridized carbons (Fsp3) is 0.690. The second-order valence-corrected chi connectivity index (χ2v) is 25.9. The van der Waals surface area contributed by atoms with Gasteiger partial charge in [-0.3, -0.25) is 93.3 Å². The number of amides is 12. The third-order valence-electron chi connectivity index (χ3n) is 14.1. The van der Waals surface area contributed by atoms with Crippen molar-refractivity contribution in [2.24, 2.45) is 11.7 Å². The third kappa shape index (κ3) is 59.9. The van der Waals surface area contributed by atoms with Gasteiger partial charge < -0.3 is 87.1 Å². The lowest BCUT2D eigenvalue weighted by atomic mass is 10.2. The van der Waals surface area contributed by atoms with Gasteiger partial charge in [0.25, 0.3) is 47.3 Å². The number of nitrogens with one attached hydrogen (secondary N) is 7. The Labute approximate surface area is 679 Å². The second-order valence-electron chi connectivity index (χ2n) is 25.9. The van der Waals surface area contributed by atoms with Crippen molar-refractivity contribution in [2.75, 3.05) is 217 Å². The van der Waals surface area contributed by atoms with E-state index in [9.17, 15) is 76.7 Å². The van der Waals surface area contributed by atoms with Crippen molar-refractivity contribution >= 4 is 107 Å². The van der Waals surface area contributed by atoms with Gasteiger partial charge in [-0.1, -0.05) is 0 Å². The lowest BCUT2D eigenvalue weighted by Gasteiger charge is -2.19. The number of hydrogen-bond donors (Lipinski definition) is 9. The number of imide groups is 4. The van der Waals surface area contributed by atoms with Crippen molar-refractivity contribution in [3.63, 3.8) is 0 Å². The van der Waals surface area contributed by atoms with Crippen LogP contribution >= 0.6 is 12.4 Å². The molecular weight excluding hydrogens is 1570 g/mol. The molecule has 1 saturated heterocycles. The Balaban J connectivity index is 0.00000162. The molecule has 1 fully saturated rings. The van der Waals surface area contributed by atoms with Gasteiger partial charge in [-0.2, -0.15) is 0 Å². The van der Waals surface area contributed by atoms with Crippen LogP contribution in [0.25, 0.3) is 0 Å². The van der Waals surface area contributed by atoms with Crippen molar-refractivity contribution in [3.05, 3.63) is 36.5 Å². The minimum atomic E-state index is -0.738. The average Bonchev–Trinajstić information content (AvgIpc) is 2.21. The van der Waals surface area contributed by atoms with Gasteiger partial charge in [0, 0.05) is 108 Å². The molecule has 44 nitrogen and oxygen atoms in total. The van der Waals surface area contributed by atoms with Crippen LogP contribution in [0.1, 0.15) is 92.9 Å². The highest BCUT2D eigenvalue weighted by molar-refractivity contribution is 6.14. The number of carbonyl (C=O) groups is 16. The molecule has 0 aromatic rings. The van der Waals surface area contributed by atoms with E-state index < -0.39 is 70.7 Å².